The Morgan fingerprint density at radius 3 is 2.57 bits per heavy atom. The van der Waals surface area contributed by atoms with Gasteiger partial charge in [0.05, 0.1) is 28.7 Å². The minimum Gasteiger partial charge on any atom is -0.466 e. The van der Waals surface area contributed by atoms with Crippen LogP contribution in [0.3, 0.4) is 0 Å². The van der Waals surface area contributed by atoms with Crippen molar-refractivity contribution in [2.45, 2.75) is 13.0 Å². The third-order valence-corrected chi connectivity index (χ3v) is 5.46. The zero-order chi connectivity index (χ0) is 22.2. The van der Waals surface area contributed by atoms with Gasteiger partial charge < -0.3 is 10.1 Å². The molecule has 3 rings (SSSR count). The summed E-state index contributed by atoms with van der Waals surface area (Å²) in [4.78, 5) is 24.8. The van der Waals surface area contributed by atoms with Crippen LogP contribution in [0.15, 0.2) is 47.7 Å². The molecule has 0 bridgehead atoms. The highest BCUT2D eigenvalue weighted by Crippen LogP contribution is 2.37. The molecule has 1 atom stereocenters. The van der Waals surface area contributed by atoms with Crippen molar-refractivity contribution in [1.82, 2.24) is 5.32 Å². The maximum Gasteiger partial charge on any atom is 0.337 e. The van der Waals surface area contributed by atoms with Crippen LogP contribution in [0.1, 0.15) is 18.5 Å². The summed E-state index contributed by atoms with van der Waals surface area (Å²) in [5, 5.41) is 14.3. The van der Waals surface area contributed by atoms with E-state index in [1.807, 2.05) is 0 Å². The molecule has 2 aromatic rings. The first-order valence-electron chi connectivity index (χ1n) is 8.44. The van der Waals surface area contributed by atoms with Crippen LogP contribution in [0, 0.1) is 15.9 Å². The fourth-order valence-electron chi connectivity index (χ4n) is 3.15. The van der Waals surface area contributed by atoms with Crippen LogP contribution in [0.5, 0.6) is 0 Å². The Kier molecular flexibility index (Phi) is 6.25. The van der Waals surface area contributed by atoms with E-state index in [9.17, 15) is 19.3 Å². The average molecular weight is 470 g/mol. The Bertz CT molecular complexity index is 1110. The maximum absolute atomic E-state index is 13.6. The topological polar surface area (TPSA) is 84.7 Å². The number of anilines is 1. The minimum atomic E-state index is -0.826. The van der Waals surface area contributed by atoms with Crippen molar-refractivity contribution in [3.63, 3.8) is 0 Å². The van der Waals surface area contributed by atoms with Crippen LogP contribution in [0.25, 0.3) is 0 Å². The highest BCUT2D eigenvalue weighted by Gasteiger charge is 2.36. The SMILES string of the molecule is COC(=O)C1=C(C)N(c2ccc(F)c(Cl)c2)C(=S)NC1c1ccc(Cl)c([N+](=O)[O-])c1. The summed E-state index contributed by atoms with van der Waals surface area (Å²) in [5.41, 5.74) is 1.08. The number of rotatable bonds is 4. The van der Waals surface area contributed by atoms with Gasteiger partial charge in [0.15, 0.2) is 5.11 Å². The van der Waals surface area contributed by atoms with Crippen LogP contribution < -0.4 is 10.2 Å². The first kappa shape index (κ1) is 21.9. The van der Waals surface area contributed by atoms with Gasteiger partial charge in [-0.25, -0.2) is 9.18 Å². The number of carbonyl (C=O) groups excluding carboxylic acids is 1. The quantitative estimate of drug-likeness (QED) is 0.294. The lowest BCUT2D eigenvalue weighted by Crippen LogP contribution is -2.48. The molecule has 0 saturated heterocycles. The van der Waals surface area contributed by atoms with E-state index >= 15 is 0 Å². The minimum absolute atomic E-state index is 0.0370. The van der Waals surface area contributed by atoms with Crippen molar-refractivity contribution in [3.05, 3.63) is 79.2 Å². The number of carbonyl (C=O) groups is 1. The largest absolute Gasteiger partial charge is 0.466 e. The first-order chi connectivity index (χ1) is 14.1. The van der Waals surface area contributed by atoms with Crippen molar-refractivity contribution in [3.8, 4) is 0 Å². The number of nitro benzene ring substituents is 1. The van der Waals surface area contributed by atoms with Crippen molar-refractivity contribution in [2.75, 3.05) is 12.0 Å². The molecule has 156 valence electrons. The monoisotopic (exact) mass is 469 g/mol. The molecule has 1 N–H and O–H groups in total. The van der Waals surface area contributed by atoms with E-state index in [1.54, 1.807) is 13.0 Å². The smallest absolute Gasteiger partial charge is 0.337 e. The first-order valence-corrected chi connectivity index (χ1v) is 9.60. The van der Waals surface area contributed by atoms with Gasteiger partial charge in [-0.2, -0.15) is 0 Å². The van der Waals surface area contributed by atoms with E-state index in [1.165, 1.54) is 42.3 Å². The Morgan fingerprint density at radius 2 is 1.97 bits per heavy atom. The van der Waals surface area contributed by atoms with Crippen LogP contribution in [0.4, 0.5) is 15.8 Å². The second-order valence-corrected chi connectivity index (χ2v) is 7.48. The van der Waals surface area contributed by atoms with Gasteiger partial charge in [-0.3, -0.25) is 15.0 Å². The molecule has 1 unspecified atom stereocenters. The number of allylic oxidation sites excluding steroid dienone is 1. The van der Waals surface area contributed by atoms with Crippen molar-refractivity contribution in [2.24, 2.45) is 0 Å². The van der Waals surface area contributed by atoms with Crippen LogP contribution >= 0.6 is 35.4 Å². The highest BCUT2D eigenvalue weighted by molar-refractivity contribution is 7.80. The molecule has 1 aliphatic heterocycles. The summed E-state index contributed by atoms with van der Waals surface area (Å²) >= 11 is 17.3. The van der Waals surface area contributed by atoms with E-state index in [0.717, 1.165) is 0 Å². The number of halogens is 3. The van der Waals surface area contributed by atoms with Crippen LogP contribution in [-0.2, 0) is 9.53 Å². The summed E-state index contributed by atoms with van der Waals surface area (Å²) in [6.45, 7) is 1.63. The fraction of sp³-hybridized carbons (Fsp3) is 0.158. The molecule has 2 aromatic carbocycles. The average Bonchev–Trinajstić information content (AvgIpc) is 2.69. The van der Waals surface area contributed by atoms with E-state index in [4.69, 9.17) is 40.2 Å². The number of esters is 1. The zero-order valence-electron chi connectivity index (χ0n) is 15.6. The van der Waals surface area contributed by atoms with Crippen LogP contribution in [0.2, 0.25) is 10.0 Å². The molecule has 0 spiro atoms. The van der Waals surface area contributed by atoms with Gasteiger partial charge in [-0.05, 0) is 49.0 Å². The number of nitrogens with zero attached hydrogens (tertiary/aromatic N) is 2. The lowest BCUT2D eigenvalue weighted by molar-refractivity contribution is -0.384. The summed E-state index contributed by atoms with van der Waals surface area (Å²) in [5.74, 6) is -1.26. The van der Waals surface area contributed by atoms with Gasteiger partial charge >= 0.3 is 5.97 Å². The molecular formula is C19H14Cl2FN3O4S. The molecule has 0 aromatic heterocycles. The molecule has 30 heavy (non-hydrogen) atoms. The second-order valence-electron chi connectivity index (χ2n) is 6.27. The predicted octanol–water partition coefficient (Wildman–Crippen LogP) is 4.92. The number of nitro groups is 1. The van der Waals surface area contributed by atoms with Gasteiger partial charge in [0.2, 0.25) is 0 Å². The fourth-order valence-corrected chi connectivity index (χ4v) is 3.87. The second kappa shape index (κ2) is 8.55. The normalized spacial score (nSPS) is 16.4. The van der Waals surface area contributed by atoms with Gasteiger partial charge in [-0.15, -0.1) is 0 Å². The Balaban J connectivity index is 2.17. The van der Waals surface area contributed by atoms with Crippen molar-refractivity contribution in [1.29, 1.82) is 0 Å². The molecule has 0 saturated carbocycles. The van der Waals surface area contributed by atoms with Gasteiger partial charge in [-0.1, -0.05) is 29.3 Å². The Hall–Kier alpha value is -2.75. The molecule has 11 heteroatoms. The molecule has 0 fully saturated rings. The standard InChI is InChI=1S/C19H14Cl2FN3O4S/c1-9-16(18(26)29-2)17(10-3-5-12(20)15(7-10)25(27)28)23-19(30)24(9)11-4-6-14(22)13(21)8-11/h3-8,17H,1-2H3,(H,23,30). The number of hydrogen-bond donors (Lipinski definition) is 1. The van der Waals surface area contributed by atoms with E-state index in [-0.39, 0.29) is 26.4 Å². The maximum atomic E-state index is 13.6. The third kappa shape index (κ3) is 3.96. The van der Waals surface area contributed by atoms with Crippen molar-refractivity contribution < 1.29 is 18.8 Å². The number of benzene rings is 2. The Labute approximate surface area is 186 Å². The lowest BCUT2D eigenvalue weighted by Gasteiger charge is -2.37. The van der Waals surface area contributed by atoms with Gasteiger partial charge in [0.25, 0.3) is 5.69 Å². The van der Waals surface area contributed by atoms with Gasteiger partial charge in [0, 0.05) is 17.5 Å². The summed E-state index contributed by atoms with van der Waals surface area (Å²) in [7, 11) is 1.22. The molecular weight excluding hydrogens is 456 g/mol. The zero-order valence-corrected chi connectivity index (χ0v) is 17.9. The molecule has 0 amide bonds. The lowest BCUT2D eigenvalue weighted by atomic mass is 9.94. The summed E-state index contributed by atoms with van der Waals surface area (Å²) < 4.78 is 18.5. The Morgan fingerprint density at radius 1 is 1.27 bits per heavy atom. The summed E-state index contributed by atoms with van der Waals surface area (Å²) in [6.07, 6.45) is 0. The molecule has 0 aliphatic carbocycles. The number of nitrogens with one attached hydrogen (secondary N) is 1. The predicted molar refractivity (Wildman–Crippen MR) is 115 cm³/mol. The van der Waals surface area contributed by atoms with E-state index in [0.29, 0.717) is 16.9 Å². The van der Waals surface area contributed by atoms with Gasteiger partial charge in [0.1, 0.15) is 10.8 Å². The summed E-state index contributed by atoms with van der Waals surface area (Å²) in [6, 6.07) is 7.38. The van der Waals surface area contributed by atoms with Crippen molar-refractivity contribution >= 4 is 57.9 Å². The molecule has 0 radical (unpaired) electrons. The number of ether oxygens (including phenoxy) is 1. The molecule has 1 aliphatic rings. The molecule has 1 heterocycles. The number of thiocarbonyl (C=S) groups is 1. The van der Waals surface area contributed by atoms with Crippen LogP contribution in [-0.4, -0.2) is 23.1 Å². The highest BCUT2D eigenvalue weighted by atomic mass is 35.5. The number of methoxy groups -OCH3 is 1. The number of hydrogen-bond acceptors (Lipinski definition) is 5. The molecule has 7 nitrogen and oxygen atoms in total. The van der Waals surface area contributed by atoms with E-state index < -0.39 is 22.8 Å². The third-order valence-electron chi connectivity index (χ3n) is 4.55. The van der Waals surface area contributed by atoms with E-state index in [2.05, 4.69) is 5.32 Å².